The first-order valence-corrected chi connectivity index (χ1v) is 20.4. The number of rotatable bonds is 36. The Morgan fingerprint density at radius 2 is 0.913 bits per heavy atom. The van der Waals surface area contributed by atoms with Gasteiger partial charge in [-0.1, -0.05) is 162 Å². The third-order valence-electron chi connectivity index (χ3n) is 9.30. The number of ether oxygens (including phenoxy) is 2. The van der Waals surface area contributed by atoms with Crippen LogP contribution in [0.15, 0.2) is 4.99 Å². The number of thiocarbonyl (C=S) groups is 1. The van der Waals surface area contributed by atoms with E-state index in [0.29, 0.717) is 32.1 Å². The summed E-state index contributed by atoms with van der Waals surface area (Å²) in [6, 6.07) is 0.328. The van der Waals surface area contributed by atoms with E-state index in [2.05, 4.69) is 30.9 Å². The molecule has 1 unspecified atom stereocenters. The lowest BCUT2D eigenvalue weighted by Gasteiger charge is -2.16. The minimum absolute atomic E-state index is 0.00699. The van der Waals surface area contributed by atoms with Gasteiger partial charge in [0.1, 0.15) is 0 Å². The van der Waals surface area contributed by atoms with Gasteiger partial charge in [0, 0.05) is 12.8 Å². The van der Waals surface area contributed by atoms with Gasteiger partial charge < -0.3 is 9.47 Å². The Balaban J connectivity index is 3.64. The Bertz CT molecular complexity index is 716. The number of carbonyl (C=O) groups is 2. The fraction of sp³-hybridized carbons (Fsp3) is 0.925. The molecule has 0 aliphatic rings. The summed E-state index contributed by atoms with van der Waals surface area (Å²) in [4.78, 5) is 28.4. The van der Waals surface area contributed by atoms with Crippen molar-refractivity contribution >= 4 is 29.3 Å². The minimum Gasteiger partial charge on any atom is -0.466 e. The van der Waals surface area contributed by atoms with Crippen LogP contribution in [-0.4, -0.2) is 36.4 Å². The van der Waals surface area contributed by atoms with Gasteiger partial charge in [-0.05, 0) is 56.7 Å². The van der Waals surface area contributed by atoms with Gasteiger partial charge >= 0.3 is 11.9 Å². The maximum Gasteiger partial charge on any atom is 0.305 e. The number of hydrogen-bond acceptors (Lipinski definition) is 6. The van der Waals surface area contributed by atoms with E-state index < -0.39 is 0 Å². The predicted octanol–water partition coefficient (Wildman–Crippen LogP) is 12.9. The average molecular weight is 666 g/mol. The number of unbranched alkanes of at least 4 members (excludes halogenated alkanes) is 18. The molecule has 46 heavy (non-hydrogen) atoms. The van der Waals surface area contributed by atoms with Crippen LogP contribution in [0.5, 0.6) is 0 Å². The second kappa shape index (κ2) is 36.6. The van der Waals surface area contributed by atoms with E-state index in [-0.39, 0.29) is 11.9 Å². The van der Waals surface area contributed by atoms with Crippen LogP contribution in [0, 0.1) is 5.92 Å². The molecule has 0 radical (unpaired) electrons. The van der Waals surface area contributed by atoms with E-state index in [9.17, 15) is 9.59 Å². The van der Waals surface area contributed by atoms with Gasteiger partial charge in [0.2, 0.25) is 0 Å². The summed E-state index contributed by atoms with van der Waals surface area (Å²) < 4.78 is 10.9. The van der Waals surface area contributed by atoms with Crippen molar-refractivity contribution in [1.82, 2.24) is 0 Å². The van der Waals surface area contributed by atoms with Crippen LogP contribution >= 0.6 is 12.2 Å². The number of esters is 2. The van der Waals surface area contributed by atoms with E-state index >= 15 is 0 Å². The molecule has 0 amide bonds. The Hall–Kier alpha value is -1.26. The van der Waals surface area contributed by atoms with Crippen LogP contribution in [0.25, 0.3) is 0 Å². The summed E-state index contributed by atoms with van der Waals surface area (Å²) in [7, 11) is 0. The molecule has 0 aromatic heterocycles. The molecule has 0 aromatic carbocycles. The molecule has 6 heteroatoms. The summed E-state index contributed by atoms with van der Waals surface area (Å²) in [5.74, 6) is 0.692. The molecule has 0 saturated heterocycles. The van der Waals surface area contributed by atoms with Crippen LogP contribution in [-0.2, 0) is 19.1 Å². The van der Waals surface area contributed by atoms with Crippen LogP contribution in [0.2, 0.25) is 0 Å². The average Bonchev–Trinajstić information content (AvgIpc) is 3.05. The number of aliphatic imine (C=N–C) groups is 1. The molecule has 0 N–H and O–H groups in total. The fourth-order valence-corrected chi connectivity index (χ4v) is 6.36. The summed E-state index contributed by atoms with van der Waals surface area (Å²) in [5, 5.41) is 2.63. The standard InChI is InChI=1S/C40H75NO4S/c1-4-7-10-21-26-34-44-39(42)31-24-19-15-11-13-17-22-29-38(41-36-46)30-23-18-14-12-16-20-25-32-40(43)45-35-33-37(27-8-5-2)28-9-6-3/h37-38H,4-35H2,1-3H3. The molecule has 0 spiro atoms. The topological polar surface area (TPSA) is 65.0 Å². The van der Waals surface area contributed by atoms with E-state index in [0.717, 1.165) is 57.3 Å². The second-order valence-electron chi connectivity index (χ2n) is 13.7. The van der Waals surface area contributed by atoms with Gasteiger partial charge in [0.05, 0.1) is 24.4 Å². The molecule has 0 rings (SSSR count). The normalized spacial score (nSPS) is 11.8. The first kappa shape index (κ1) is 44.7. The molecule has 0 saturated carbocycles. The zero-order valence-electron chi connectivity index (χ0n) is 30.8. The highest BCUT2D eigenvalue weighted by atomic mass is 32.1. The van der Waals surface area contributed by atoms with Crippen LogP contribution in [0.3, 0.4) is 0 Å². The van der Waals surface area contributed by atoms with Crippen molar-refractivity contribution < 1.29 is 19.1 Å². The molecular weight excluding hydrogens is 591 g/mol. The number of isothiocyanates is 1. The lowest BCUT2D eigenvalue weighted by Crippen LogP contribution is -2.10. The smallest absolute Gasteiger partial charge is 0.305 e. The van der Waals surface area contributed by atoms with Crippen LogP contribution < -0.4 is 0 Å². The highest BCUT2D eigenvalue weighted by Crippen LogP contribution is 2.20. The molecule has 0 aliphatic carbocycles. The summed E-state index contributed by atoms with van der Waals surface area (Å²) in [6.45, 7) is 7.91. The quantitative estimate of drug-likeness (QED) is 0.0288. The SMILES string of the molecule is CCCCCCCOC(=O)CCCCCCCCCC(CCCCCCCCCC(=O)OCCC(CCCC)CCCC)N=C=S. The van der Waals surface area contributed by atoms with Crippen molar-refractivity contribution in [2.45, 2.75) is 219 Å². The molecule has 0 aliphatic heterocycles. The maximum absolute atomic E-state index is 12.1. The van der Waals surface area contributed by atoms with Crippen molar-refractivity contribution in [3.63, 3.8) is 0 Å². The molecule has 0 fully saturated rings. The number of carbonyl (C=O) groups excluding carboxylic acids is 2. The largest absolute Gasteiger partial charge is 0.466 e. The predicted molar refractivity (Wildman–Crippen MR) is 200 cm³/mol. The fourth-order valence-electron chi connectivity index (χ4n) is 6.21. The molecular formula is C40H75NO4S. The van der Waals surface area contributed by atoms with Gasteiger partial charge in [-0.15, -0.1) is 0 Å². The van der Waals surface area contributed by atoms with Gasteiger partial charge in [-0.3, -0.25) is 9.59 Å². The lowest BCUT2D eigenvalue weighted by molar-refractivity contribution is -0.145. The van der Waals surface area contributed by atoms with Gasteiger partial charge in [0.15, 0.2) is 0 Å². The zero-order chi connectivity index (χ0) is 33.8. The Kier molecular flexibility index (Phi) is 35.6. The summed E-state index contributed by atoms with van der Waals surface area (Å²) in [6.07, 6.45) is 34.4. The lowest BCUT2D eigenvalue weighted by atomic mass is 9.93. The summed E-state index contributed by atoms with van der Waals surface area (Å²) in [5.41, 5.74) is 0. The van der Waals surface area contributed by atoms with E-state index in [4.69, 9.17) is 21.7 Å². The molecule has 0 heterocycles. The monoisotopic (exact) mass is 666 g/mol. The van der Waals surface area contributed by atoms with Gasteiger partial charge in [0.25, 0.3) is 0 Å². The van der Waals surface area contributed by atoms with Crippen LogP contribution in [0.4, 0.5) is 0 Å². The van der Waals surface area contributed by atoms with Crippen LogP contribution in [0.1, 0.15) is 213 Å². The Labute approximate surface area is 291 Å². The van der Waals surface area contributed by atoms with E-state index in [1.165, 1.54) is 128 Å². The highest BCUT2D eigenvalue weighted by molar-refractivity contribution is 7.78. The first-order valence-electron chi connectivity index (χ1n) is 19.9. The van der Waals surface area contributed by atoms with E-state index in [1.807, 2.05) is 0 Å². The molecule has 5 nitrogen and oxygen atoms in total. The Morgan fingerprint density at radius 3 is 1.39 bits per heavy atom. The third kappa shape index (κ3) is 32.7. The molecule has 0 aromatic rings. The first-order chi connectivity index (χ1) is 22.6. The Morgan fingerprint density at radius 1 is 0.500 bits per heavy atom. The van der Waals surface area contributed by atoms with Gasteiger partial charge in [-0.2, -0.15) is 0 Å². The van der Waals surface area contributed by atoms with Crippen molar-refractivity contribution in [1.29, 1.82) is 0 Å². The summed E-state index contributed by atoms with van der Waals surface area (Å²) >= 11 is 4.91. The zero-order valence-corrected chi connectivity index (χ0v) is 31.6. The van der Waals surface area contributed by atoms with E-state index in [1.54, 1.807) is 0 Å². The molecule has 1 atom stereocenters. The van der Waals surface area contributed by atoms with Gasteiger partial charge in [-0.25, -0.2) is 4.99 Å². The molecule has 0 bridgehead atoms. The minimum atomic E-state index is -0.0196. The van der Waals surface area contributed by atoms with Crippen molar-refractivity contribution in [3.05, 3.63) is 0 Å². The van der Waals surface area contributed by atoms with Crippen molar-refractivity contribution in [2.75, 3.05) is 13.2 Å². The number of hydrogen-bond donors (Lipinski definition) is 0. The third-order valence-corrected chi connectivity index (χ3v) is 9.41. The van der Waals surface area contributed by atoms with Crippen molar-refractivity contribution in [2.24, 2.45) is 10.9 Å². The highest BCUT2D eigenvalue weighted by Gasteiger charge is 2.10. The second-order valence-corrected chi connectivity index (χ2v) is 13.9. The number of nitrogens with zero attached hydrogens (tertiary/aromatic N) is 1. The molecule has 270 valence electrons. The maximum atomic E-state index is 12.1. The van der Waals surface area contributed by atoms with Crippen molar-refractivity contribution in [3.8, 4) is 0 Å².